The van der Waals surface area contributed by atoms with E-state index in [4.69, 9.17) is 0 Å². The molecule has 0 aliphatic carbocycles. The molecule has 2 N–H and O–H groups in total. The minimum Gasteiger partial charge on any atom is -0.350 e. The third-order valence-electron chi connectivity index (χ3n) is 4.74. The fourth-order valence-corrected chi connectivity index (χ4v) is 5.07. The third-order valence-corrected chi connectivity index (χ3v) is 6.69. The van der Waals surface area contributed by atoms with Crippen LogP contribution < -0.4 is 10.6 Å². The van der Waals surface area contributed by atoms with Crippen LogP contribution in [0.25, 0.3) is 0 Å². The smallest absolute Gasteiger partial charge is 0.252 e. The van der Waals surface area contributed by atoms with Crippen LogP contribution in [0.1, 0.15) is 42.5 Å². The van der Waals surface area contributed by atoms with Crippen molar-refractivity contribution in [3.63, 3.8) is 0 Å². The minimum atomic E-state index is -3.62. The highest BCUT2D eigenvalue weighted by Gasteiger charge is 2.29. The van der Waals surface area contributed by atoms with Gasteiger partial charge in [-0.1, -0.05) is 18.6 Å². The molecule has 2 heterocycles. The molecule has 1 aromatic rings. The molecule has 132 valence electrons. The Bertz CT molecular complexity index is 678. The van der Waals surface area contributed by atoms with E-state index in [0.717, 1.165) is 38.6 Å². The Morgan fingerprint density at radius 2 is 1.92 bits per heavy atom. The Kier molecular flexibility index (Phi) is 5.53. The number of nitrogens with one attached hydrogen (secondary N) is 2. The van der Waals surface area contributed by atoms with E-state index in [0.29, 0.717) is 19.6 Å². The lowest BCUT2D eigenvalue weighted by Gasteiger charge is -2.26. The van der Waals surface area contributed by atoms with E-state index in [9.17, 15) is 13.2 Å². The molecule has 2 fully saturated rings. The van der Waals surface area contributed by atoms with Gasteiger partial charge in [0.1, 0.15) is 0 Å². The maximum Gasteiger partial charge on any atom is 0.252 e. The topological polar surface area (TPSA) is 78.5 Å². The van der Waals surface area contributed by atoms with Crippen LogP contribution in [-0.2, 0) is 10.0 Å². The summed E-state index contributed by atoms with van der Waals surface area (Å²) in [6.07, 6.45) is 4.96. The number of benzene rings is 1. The van der Waals surface area contributed by atoms with Crippen molar-refractivity contribution in [2.24, 2.45) is 0 Å². The summed E-state index contributed by atoms with van der Waals surface area (Å²) in [5.41, 5.74) is 0.237. The van der Waals surface area contributed by atoms with Crippen molar-refractivity contribution >= 4 is 15.9 Å². The summed E-state index contributed by atoms with van der Waals surface area (Å²) in [5, 5.41) is 6.19. The molecule has 1 amide bonds. The van der Waals surface area contributed by atoms with Gasteiger partial charge >= 0.3 is 0 Å². The van der Waals surface area contributed by atoms with Gasteiger partial charge in [-0.15, -0.1) is 0 Å². The molecule has 0 spiro atoms. The van der Waals surface area contributed by atoms with E-state index < -0.39 is 10.0 Å². The molecular weight excluding hydrogens is 326 g/mol. The van der Waals surface area contributed by atoms with Gasteiger partial charge in [0.05, 0.1) is 10.5 Å². The lowest BCUT2D eigenvalue weighted by Crippen LogP contribution is -2.39. The van der Waals surface area contributed by atoms with Gasteiger partial charge < -0.3 is 10.6 Å². The molecular formula is C17H25N3O3S. The predicted octanol–water partition coefficient (Wildman–Crippen LogP) is 1.34. The SMILES string of the molecule is O=C(NCC1CCCN1)c1ccccc1S(=O)(=O)N1CCCCC1. The number of hydrogen-bond acceptors (Lipinski definition) is 4. The van der Waals surface area contributed by atoms with Gasteiger partial charge in [0.2, 0.25) is 10.0 Å². The molecule has 1 aromatic carbocycles. The summed E-state index contributed by atoms with van der Waals surface area (Å²) in [6, 6.07) is 6.78. The van der Waals surface area contributed by atoms with E-state index in [-0.39, 0.29) is 22.4 Å². The zero-order valence-electron chi connectivity index (χ0n) is 13.8. The Labute approximate surface area is 143 Å². The normalized spacial score (nSPS) is 22.4. The van der Waals surface area contributed by atoms with Crippen molar-refractivity contribution in [1.29, 1.82) is 0 Å². The first-order valence-electron chi connectivity index (χ1n) is 8.70. The Morgan fingerprint density at radius 1 is 1.17 bits per heavy atom. The quantitative estimate of drug-likeness (QED) is 0.839. The van der Waals surface area contributed by atoms with Crippen LogP contribution in [0.15, 0.2) is 29.2 Å². The molecule has 0 radical (unpaired) electrons. The second-order valence-electron chi connectivity index (χ2n) is 6.46. The molecule has 0 aromatic heterocycles. The van der Waals surface area contributed by atoms with Gasteiger partial charge in [-0.2, -0.15) is 4.31 Å². The second-order valence-corrected chi connectivity index (χ2v) is 8.37. The van der Waals surface area contributed by atoms with Crippen molar-refractivity contribution in [3.05, 3.63) is 29.8 Å². The molecule has 6 nitrogen and oxygen atoms in total. The standard InChI is InChI=1S/C17H25N3O3S/c21-17(19-13-14-7-6-10-18-14)15-8-2-3-9-16(15)24(22,23)20-11-4-1-5-12-20/h2-3,8-9,14,18H,1,4-7,10-13H2,(H,19,21). The van der Waals surface area contributed by atoms with Gasteiger partial charge in [0.15, 0.2) is 0 Å². The van der Waals surface area contributed by atoms with Crippen LogP contribution >= 0.6 is 0 Å². The van der Waals surface area contributed by atoms with Gasteiger partial charge in [0, 0.05) is 25.7 Å². The fourth-order valence-electron chi connectivity index (χ4n) is 3.37. The average Bonchev–Trinajstić information content (AvgIpc) is 3.14. The van der Waals surface area contributed by atoms with Crippen LogP contribution in [-0.4, -0.2) is 50.9 Å². The first-order valence-corrected chi connectivity index (χ1v) is 10.1. The lowest BCUT2D eigenvalue weighted by atomic mass is 10.2. The number of piperidine rings is 1. The molecule has 3 rings (SSSR count). The summed E-state index contributed by atoms with van der Waals surface area (Å²) in [4.78, 5) is 12.6. The Hall–Kier alpha value is -1.44. The summed E-state index contributed by atoms with van der Waals surface area (Å²) in [5.74, 6) is -0.320. The van der Waals surface area contributed by atoms with Crippen LogP contribution in [0, 0.1) is 0 Å². The number of carbonyl (C=O) groups is 1. The van der Waals surface area contributed by atoms with Gasteiger partial charge in [-0.25, -0.2) is 8.42 Å². The molecule has 7 heteroatoms. The third kappa shape index (κ3) is 3.79. The van der Waals surface area contributed by atoms with E-state index >= 15 is 0 Å². The van der Waals surface area contributed by atoms with Crippen molar-refractivity contribution in [2.45, 2.75) is 43.0 Å². The van der Waals surface area contributed by atoms with Crippen LogP contribution in [0.2, 0.25) is 0 Å². The largest absolute Gasteiger partial charge is 0.350 e. The first kappa shape index (κ1) is 17.4. The van der Waals surface area contributed by atoms with E-state index in [1.807, 2.05) is 0 Å². The van der Waals surface area contributed by atoms with Gasteiger partial charge in [-0.3, -0.25) is 4.79 Å². The highest BCUT2D eigenvalue weighted by molar-refractivity contribution is 7.89. The fraction of sp³-hybridized carbons (Fsp3) is 0.588. The van der Waals surface area contributed by atoms with E-state index in [1.54, 1.807) is 18.2 Å². The molecule has 0 bridgehead atoms. The molecule has 2 aliphatic heterocycles. The van der Waals surface area contributed by atoms with Gasteiger partial charge in [0.25, 0.3) is 5.91 Å². The lowest BCUT2D eigenvalue weighted by molar-refractivity contribution is 0.0947. The number of hydrogen-bond donors (Lipinski definition) is 2. The van der Waals surface area contributed by atoms with Gasteiger partial charge in [-0.05, 0) is 44.4 Å². The average molecular weight is 351 g/mol. The second kappa shape index (κ2) is 7.63. The minimum absolute atomic E-state index is 0.115. The number of nitrogens with zero attached hydrogens (tertiary/aromatic N) is 1. The molecule has 2 saturated heterocycles. The molecule has 1 atom stereocenters. The van der Waals surface area contributed by atoms with Crippen LogP contribution in [0.5, 0.6) is 0 Å². The number of amides is 1. The highest BCUT2D eigenvalue weighted by atomic mass is 32.2. The van der Waals surface area contributed by atoms with Crippen molar-refractivity contribution in [3.8, 4) is 0 Å². The first-order chi connectivity index (χ1) is 11.6. The predicted molar refractivity (Wildman–Crippen MR) is 92.4 cm³/mol. The summed E-state index contributed by atoms with van der Waals surface area (Å²) in [6.45, 7) is 2.56. The Balaban J connectivity index is 1.77. The van der Waals surface area contributed by atoms with Crippen LogP contribution in [0.3, 0.4) is 0 Å². The zero-order chi connectivity index (χ0) is 17.0. The molecule has 2 aliphatic rings. The highest BCUT2D eigenvalue weighted by Crippen LogP contribution is 2.23. The van der Waals surface area contributed by atoms with Crippen LogP contribution in [0.4, 0.5) is 0 Å². The molecule has 1 unspecified atom stereocenters. The summed E-state index contributed by atoms with van der Waals surface area (Å²) in [7, 11) is -3.62. The van der Waals surface area contributed by atoms with E-state index in [2.05, 4.69) is 10.6 Å². The Morgan fingerprint density at radius 3 is 2.62 bits per heavy atom. The number of sulfonamides is 1. The monoisotopic (exact) mass is 351 g/mol. The van der Waals surface area contributed by atoms with Crippen molar-refractivity contribution in [1.82, 2.24) is 14.9 Å². The van der Waals surface area contributed by atoms with Crippen molar-refractivity contribution < 1.29 is 13.2 Å². The molecule has 0 saturated carbocycles. The maximum atomic E-state index is 12.9. The zero-order valence-corrected chi connectivity index (χ0v) is 14.6. The summed E-state index contributed by atoms with van der Waals surface area (Å²) >= 11 is 0. The van der Waals surface area contributed by atoms with Crippen molar-refractivity contribution in [2.75, 3.05) is 26.2 Å². The molecule has 24 heavy (non-hydrogen) atoms. The van der Waals surface area contributed by atoms with E-state index in [1.165, 1.54) is 10.4 Å². The maximum absolute atomic E-state index is 12.9. The number of carbonyl (C=O) groups excluding carboxylic acids is 1. The number of rotatable bonds is 5. The summed E-state index contributed by atoms with van der Waals surface area (Å²) < 4.78 is 27.3.